The number of methoxy groups -OCH3 is 1. The van der Waals surface area contributed by atoms with Gasteiger partial charge >= 0.3 is 0 Å². The maximum Gasteiger partial charge on any atom is 0.207 e. The number of imidazole rings is 1. The zero-order valence-corrected chi connectivity index (χ0v) is 11.8. The molecule has 0 atom stereocenters. The lowest BCUT2D eigenvalue weighted by Crippen LogP contribution is -2.04. The number of anilines is 2. The summed E-state index contributed by atoms with van der Waals surface area (Å²) in [6, 6.07) is 7.87. The van der Waals surface area contributed by atoms with Crippen LogP contribution in [0.1, 0.15) is 25.5 Å². The fraction of sp³-hybridized carbons (Fsp3) is 0.400. The van der Waals surface area contributed by atoms with E-state index in [2.05, 4.69) is 28.0 Å². The van der Waals surface area contributed by atoms with Crippen LogP contribution in [0.5, 0.6) is 5.75 Å². The molecule has 4 nitrogen and oxygen atoms in total. The predicted octanol–water partition coefficient (Wildman–Crippen LogP) is 3.74. The molecule has 0 radical (unpaired) electrons. The second-order valence-corrected chi connectivity index (χ2v) is 4.58. The first-order chi connectivity index (χ1) is 9.24. The normalized spacial score (nSPS) is 10.5. The number of ether oxygens (including phenoxy) is 1. The number of aromatic nitrogens is 2. The molecule has 0 aliphatic heterocycles. The summed E-state index contributed by atoms with van der Waals surface area (Å²) in [6.45, 7) is 5.18. The van der Waals surface area contributed by atoms with E-state index < -0.39 is 0 Å². The SMILES string of the molecule is CCCCn1cc(C)nc1Nc1ccccc1OC. The molecule has 1 aromatic carbocycles. The van der Waals surface area contributed by atoms with Gasteiger partial charge in [0.05, 0.1) is 18.5 Å². The number of rotatable bonds is 6. The molecule has 0 amide bonds. The van der Waals surface area contributed by atoms with Gasteiger partial charge in [-0.3, -0.25) is 0 Å². The molecular formula is C15H21N3O. The van der Waals surface area contributed by atoms with Gasteiger partial charge in [0.25, 0.3) is 0 Å². The second-order valence-electron chi connectivity index (χ2n) is 4.58. The summed E-state index contributed by atoms with van der Waals surface area (Å²) in [5.74, 6) is 1.70. The van der Waals surface area contributed by atoms with Gasteiger partial charge < -0.3 is 14.6 Å². The van der Waals surface area contributed by atoms with Gasteiger partial charge in [-0.15, -0.1) is 0 Å². The van der Waals surface area contributed by atoms with E-state index in [1.807, 2.05) is 31.2 Å². The average Bonchev–Trinajstić information content (AvgIpc) is 2.77. The highest BCUT2D eigenvalue weighted by atomic mass is 16.5. The van der Waals surface area contributed by atoms with Crippen molar-refractivity contribution in [1.29, 1.82) is 0 Å². The molecule has 2 aromatic rings. The number of unbranched alkanes of at least 4 members (excludes halogenated alkanes) is 1. The molecule has 1 heterocycles. The van der Waals surface area contributed by atoms with Crippen molar-refractivity contribution in [3.05, 3.63) is 36.2 Å². The van der Waals surface area contributed by atoms with Gasteiger partial charge in [0.2, 0.25) is 5.95 Å². The Morgan fingerprint density at radius 2 is 2.11 bits per heavy atom. The smallest absolute Gasteiger partial charge is 0.207 e. The first-order valence-corrected chi connectivity index (χ1v) is 6.68. The molecule has 0 bridgehead atoms. The van der Waals surface area contributed by atoms with Crippen molar-refractivity contribution in [3.8, 4) is 5.75 Å². The number of aryl methyl sites for hydroxylation is 2. The first kappa shape index (κ1) is 13.5. The summed E-state index contributed by atoms with van der Waals surface area (Å²) < 4.78 is 7.50. The fourth-order valence-electron chi connectivity index (χ4n) is 2.01. The van der Waals surface area contributed by atoms with Crippen molar-refractivity contribution in [2.75, 3.05) is 12.4 Å². The van der Waals surface area contributed by atoms with Gasteiger partial charge in [-0.2, -0.15) is 0 Å². The molecule has 0 unspecified atom stereocenters. The van der Waals surface area contributed by atoms with E-state index in [4.69, 9.17) is 4.74 Å². The summed E-state index contributed by atoms with van der Waals surface area (Å²) in [5, 5.41) is 3.35. The summed E-state index contributed by atoms with van der Waals surface area (Å²) >= 11 is 0. The van der Waals surface area contributed by atoms with Crippen LogP contribution in [-0.4, -0.2) is 16.7 Å². The minimum atomic E-state index is 0.824. The van der Waals surface area contributed by atoms with Crippen molar-refractivity contribution in [2.24, 2.45) is 0 Å². The number of benzene rings is 1. The van der Waals surface area contributed by atoms with Gasteiger partial charge in [0, 0.05) is 12.7 Å². The number of hydrogen-bond donors (Lipinski definition) is 1. The second kappa shape index (κ2) is 6.27. The lowest BCUT2D eigenvalue weighted by molar-refractivity contribution is 0.416. The third-order valence-electron chi connectivity index (χ3n) is 3.00. The molecule has 0 saturated carbocycles. The van der Waals surface area contributed by atoms with Crippen molar-refractivity contribution < 1.29 is 4.74 Å². The molecule has 0 saturated heterocycles. The number of nitrogens with zero attached hydrogens (tertiary/aromatic N) is 2. The molecule has 102 valence electrons. The molecular weight excluding hydrogens is 238 g/mol. The van der Waals surface area contributed by atoms with Crippen LogP contribution in [0.25, 0.3) is 0 Å². The van der Waals surface area contributed by atoms with Crippen LogP contribution in [0.3, 0.4) is 0 Å². The third-order valence-corrected chi connectivity index (χ3v) is 3.00. The molecule has 1 aromatic heterocycles. The zero-order valence-electron chi connectivity index (χ0n) is 11.8. The Morgan fingerprint density at radius 3 is 2.84 bits per heavy atom. The Labute approximate surface area is 114 Å². The molecule has 2 rings (SSSR count). The topological polar surface area (TPSA) is 39.1 Å². The van der Waals surface area contributed by atoms with Crippen molar-refractivity contribution in [1.82, 2.24) is 9.55 Å². The zero-order chi connectivity index (χ0) is 13.7. The van der Waals surface area contributed by atoms with Gasteiger partial charge in [0.1, 0.15) is 5.75 Å². The van der Waals surface area contributed by atoms with Gasteiger partial charge in [-0.25, -0.2) is 4.98 Å². The van der Waals surface area contributed by atoms with Crippen molar-refractivity contribution in [3.63, 3.8) is 0 Å². The van der Waals surface area contributed by atoms with E-state index in [0.29, 0.717) is 0 Å². The predicted molar refractivity (Wildman–Crippen MR) is 78.1 cm³/mol. The standard InChI is InChI=1S/C15H21N3O/c1-4-5-10-18-11-12(2)16-15(18)17-13-8-6-7-9-14(13)19-3/h6-9,11H,4-5,10H2,1-3H3,(H,16,17). The van der Waals surface area contributed by atoms with E-state index in [1.165, 1.54) is 6.42 Å². The molecule has 0 spiro atoms. The molecule has 0 aliphatic rings. The monoisotopic (exact) mass is 259 g/mol. The summed E-state index contributed by atoms with van der Waals surface area (Å²) in [7, 11) is 1.68. The Morgan fingerprint density at radius 1 is 1.32 bits per heavy atom. The molecule has 19 heavy (non-hydrogen) atoms. The molecule has 4 heteroatoms. The minimum absolute atomic E-state index is 0.824. The number of nitrogens with one attached hydrogen (secondary N) is 1. The van der Waals surface area contributed by atoms with E-state index in [9.17, 15) is 0 Å². The summed E-state index contributed by atoms with van der Waals surface area (Å²) in [6.07, 6.45) is 4.40. The quantitative estimate of drug-likeness (QED) is 0.858. The fourth-order valence-corrected chi connectivity index (χ4v) is 2.01. The van der Waals surface area contributed by atoms with Crippen molar-refractivity contribution in [2.45, 2.75) is 33.2 Å². The summed E-state index contributed by atoms with van der Waals surface area (Å²) in [4.78, 5) is 4.53. The first-order valence-electron chi connectivity index (χ1n) is 6.68. The van der Waals surface area contributed by atoms with E-state index in [-0.39, 0.29) is 0 Å². The summed E-state index contributed by atoms with van der Waals surface area (Å²) in [5.41, 5.74) is 1.96. The third kappa shape index (κ3) is 3.28. The average molecular weight is 259 g/mol. The minimum Gasteiger partial charge on any atom is -0.495 e. The largest absolute Gasteiger partial charge is 0.495 e. The van der Waals surface area contributed by atoms with Crippen LogP contribution >= 0.6 is 0 Å². The van der Waals surface area contributed by atoms with E-state index in [0.717, 1.165) is 36.0 Å². The number of hydrogen-bond acceptors (Lipinski definition) is 3. The molecule has 0 aliphatic carbocycles. The number of para-hydroxylation sites is 2. The highest BCUT2D eigenvalue weighted by molar-refractivity contribution is 5.62. The maximum absolute atomic E-state index is 5.35. The van der Waals surface area contributed by atoms with Gasteiger partial charge in [0.15, 0.2) is 0 Å². The highest BCUT2D eigenvalue weighted by Gasteiger charge is 2.08. The Bertz CT molecular complexity index is 534. The molecule has 1 N–H and O–H groups in total. The van der Waals surface area contributed by atoms with Crippen LogP contribution in [0.4, 0.5) is 11.6 Å². The van der Waals surface area contributed by atoms with Crippen LogP contribution in [0, 0.1) is 6.92 Å². The van der Waals surface area contributed by atoms with E-state index >= 15 is 0 Å². The lowest BCUT2D eigenvalue weighted by atomic mass is 10.3. The van der Waals surface area contributed by atoms with Crippen LogP contribution < -0.4 is 10.1 Å². The highest BCUT2D eigenvalue weighted by Crippen LogP contribution is 2.26. The molecule has 0 fully saturated rings. The maximum atomic E-state index is 5.35. The Kier molecular flexibility index (Phi) is 4.44. The Balaban J connectivity index is 2.22. The van der Waals surface area contributed by atoms with Crippen molar-refractivity contribution >= 4 is 11.6 Å². The Hall–Kier alpha value is -1.97. The van der Waals surface area contributed by atoms with Crippen LogP contribution in [0.2, 0.25) is 0 Å². The van der Waals surface area contributed by atoms with Crippen LogP contribution in [0.15, 0.2) is 30.5 Å². The van der Waals surface area contributed by atoms with Gasteiger partial charge in [-0.05, 0) is 25.5 Å². The van der Waals surface area contributed by atoms with Gasteiger partial charge in [-0.1, -0.05) is 25.5 Å². The van der Waals surface area contributed by atoms with E-state index in [1.54, 1.807) is 7.11 Å². The lowest BCUT2D eigenvalue weighted by Gasteiger charge is -2.12. The van der Waals surface area contributed by atoms with Crippen LogP contribution in [-0.2, 0) is 6.54 Å².